The molecule has 0 aliphatic rings. The summed E-state index contributed by atoms with van der Waals surface area (Å²) in [5, 5.41) is 4.79. The van der Waals surface area contributed by atoms with Crippen molar-refractivity contribution in [2.75, 3.05) is 0 Å². The summed E-state index contributed by atoms with van der Waals surface area (Å²) in [6, 6.07) is 15.4. The summed E-state index contributed by atoms with van der Waals surface area (Å²) in [4.78, 5) is 4.31. The molecule has 5 heteroatoms. The Labute approximate surface area is 145 Å². The molecule has 23 heavy (non-hydrogen) atoms. The highest BCUT2D eigenvalue weighted by Gasteiger charge is 2.11. The predicted molar refractivity (Wildman–Crippen MR) is 93.7 cm³/mol. The quantitative estimate of drug-likeness (QED) is 0.662. The van der Waals surface area contributed by atoms with Crippen molar-refractivity contribution in [1.82, 2.24) is 10.3 Å². The van der Waals surface area contributed by atoms with Gasteiger partial charge in [0, 0.05) is 21.7 Å². The molecule has 1 N–H and O–H groups in total. The first-order valence-corrected chi connectivity index (χ1v) is 8.07. The van der Waals surface area contributed by atoms with E-state index in [0.717, 1.165) is 16.1 Å². The van der Waals surface area contributed by atoms with Gasteiger partial charge in [0.1, 0.15) is 0 Å². The van der Waals surface area contributed by atoms with Gasteiger partial charge in [-0.2, -0.15) is 0 Å². The van der Waals surface area contributed by atoms with Gasteiger partial charge >= 0.3 is 0 Å². The maximum absolute atomic E-state index is 6.21. The number of hydrogen-bond acceptors (Lipinski definition) is 3. The Hall–Kier alpha value is -1.81. The number of nitrogens with one attached hydrogen (secondary N) is 1. The number of hydrogen-bond donors (Lipinski definition) is 1. The van der Waals surface area contributed by atoms with E-state index in [1.807, 2.05) is 48.5 Å². The van der Waals surface area contributed by atoms with E-state index >= 15 is 0 Å². The van der Waals surface area contributed by atoms with Crippen LogP contribution in [0.3, 0.4) is 0 Å². The molecule has 0 saturated heterocycles. The van der Waals surface area contributed by atoms with Crippen molar-refractivity contribution in [3.8, 4) is 11.3 Å². The molecule has 0 fully saturated rings. The molecule has 3 nitrogen and oxygen atoms in total. The van der Waals surface area contributed by atoms with E-state index in [2.05, 4.69) is 17.2 Å². The van der Waals surface area contributed by atoms with Crippen LogP contribution in [-0.2, 0) is 6.54 Å². The average molecular weight is 347 g/mol. The smallest absolute Gasteiger partial charge is 0.208 e. The van der Waals surface area contributed by atoms with Gasteiger partial charge in [0.05, 0.1) is 12.7 Å². The molecule has 0 aliphatic heterocycles. The van der Waals surface area contributed by atoms with Crippen molar-refractivity contribution in [2.24, 2.45) is 0 Å². The molecule has 1 heterocycles. The fourth-order valence-electron chi connectivity index (χ4n) is 2.34. The molecule has 1 aromatic heterocycles. The summed E-state index contributed by atoms with van der Waals surface area (Å²) >= 11 is 12.2. The van der Waals surface area contributed by atoms with Crippen molar-refractivity contribution >= 4 is 23.2 Å². The van der Waals surface area contributed by atoms with Gasteiger partial charge in [-0.05, 0) is 30.7 Å². The van der Waals surface area contributed by atoms with Crippen LogP contribution in [-0.4, -0.2) is 4.98 Å². The van der Waals surface area contributed by atoms with E-state index < -0.39 is 0 Å². The van der Waals surface area contributed by atoms with Crippen molar-refractivity contribution in [3.63, 3.8) is 0 Å². The Bertz CT molecular complexity index is 801. The molecule has 0 saturated carbocycles. The maximum Gasteiger partial charge on any atom is 0.208 e. The van der Waals surface area contributed by atoms with Crippen LogP contribution in [0.2, 0.25) is 10.0 Å². The van der Waals surface area contributed by atoms with Crippen LogP contribution in [0.25, 0.3) is 11.3 Å². The van der Waals surface area contributed by atoms with Crippen LogP contribution in [0.4, 0.5) is 0 Å². The molecule has 1 unspecified atom stereocenters. The van der Waals surface area contributed by atoms with E-state index in [1.165, 1.54) is 0 Å². The molecule has 0 aliphatic carbocycles. The molecular formula is C18H16Cl2N2O. The number of nitrogens with zero attached hydrogens (tertiary/aromatic N) is 1. The number of benzene rings is 2. The lowest BCUT2D eigenvalue weighted by molar-refractivity contribution is 0.454. The average Bonchev–Trinajstić information content (AvgIpc) is 3.02. The van der Waals surface area contributed by atoms with Crippen LogP contribution in [0.1, 0.15) is 24.4 Å². The van der Waals surface area contributed by atoms with Gasteiger partial charge < -0.3 is 9.73 Å². The van der Waals surface area contributed by atoms with Crippen LogP contribution < -0.4 is 5.32 Å². The Balaban J connectivity index is 1.67. The molecule has 0 bridgehead atoms. The second-order valence-corrected chi connectivity index (χ2v) is 6.10. The Morgan fingerprint density at radius 1 is 1.13 bits per heavy atom. The van der Waals surface area contributed by atoms with Gasteiger partial charge in [0.2, 0.25) is 5.89 Å². The highest BCUT2D eigenvalue weighted by atomic mass is 35.5. The second kappa shape index (κ2) is 7.18. The summed E-state index contributed by atoms with van der Waals surface area (Å²) in [6.45, 7) is 2.58. The van der Waals surface area contributed by atoms with Crippen LogP contribution in [0.5, 0.6) is 0 Å². The lowest BCUT2D eigenvalue weighted by Gasteiger charge is -2.14. The fourth-order valence-corrected chi connectivity index (χ4v) is 2.83. The molecule has 1 atom stereocenters. The van der Waals surface area contributed by atoms with Crippen molar-refractivity contribution in [1.29, 1.82) is 0 Å². The molecule has 0 spiro atoms. The van der Waals surface area contributed by atoms with Gasteiger partial charge in [-0.15, -0.1) is 0 Å². The number of oxazole rings is 1. The highest BCUT2D eigenvalue weighted by molar-refractivity contribution is 6.31. The fraction of sp³-hybridized carbons (Fsp3) is 0.167. The molecule has 3 rings (SSSR count). The SMILES string of the molecule is CC(NCc1ncc(-c2cccc(Cl)c2)o1)c1ccccc1Cl. The first kappa shape index (κ1) is 16.1. The van der Waals surface area contributed by atoms with E-state index in [9.17, 15) is 0 Å². The van der Waals surface area contributed by atoms with E-state index in [-0.39, 0.29) is 6.04 Å². The number of rotatable bonds is 5. The summed E-state index contributed by atoms with van der Waals surface area (Å²) < 4.78 is 5.78. The lowest BCUT2D eigenvalue weighted by Crippen LogP contribution is -2.18. The molecular weight excluding hydrogens is 331 g/mol. The normalized spacial score (nSPS) is 12.3. The van der Waals surface area contributed by atoms with Crippen LogP contribution >= 0.6 is 23.2 Å². The second-order valence-electron chi connectivity index (χ2n) is 5.25. The zero-order chi connectivity index (χ0) is 16.2. The van der Waals surface area contributed by atoms with Gasteiger partial charge in [0.15, 0.2) is 5.76 Å². The van der Waals surface area contributed by atoms with Crippen LogP contribution in [0, 0.1) is 0 Å². The first-order chi connectivity index (χ1) is 11.1. The molecule has 3 aromatic rings. The summed E-state index contributed by atoms with van der Waals surface area (Å²) in [6.07, 6.45) is 1.71. The van der Waals surface area contributed by atoms with Gasteiger partial charge in [-0.3, -0.25) is 0 Å². The molecule has 0 radical (unpaired) electrons. The van der Waals surface area contributed by atoms with Crippen LogP contribution in [0.15, 0.2) is 59.1 Å². The Morgan fingerprint density at radius 2 is 1.96 bits per heavy atom. The van der Waals surface area contributed by atoms with Crippen molar-refractivity contribution in [2.45, 2.75) is 19.5 Å². The molecule has 0 amide bonds. The summed E-state index contributed by atoms with van der Waals surface area (Å²) in [5.74, 6) is 1.33. The van der Waals surface area contributed by atoms with E-state index in [1.54, 1.807) is 6.20 Å². The zero-order valence-electron chi connectivity index (χ0n) is 12.6. The Kier molecular flexibility index (Phi) is 5.01. The Morgan fingerprint density at radius 3 is 2.74 bits per heavy atom. The highest BCUT2D eigenvalue weighted by Crippen LogP contribution is 2.25. The minimum Gasteiger partial charge on any atom is -0.439 e. The van der Waals surface area contributed by atoms with Gasteiger partial charge in [0.25, 0.3) is 0 Å². The number of aromatic nitrogens is 1. The number of halogens is 2. The monoisotopic (exact) mass is 346 g/mol. The topological polar surface area (TPSA) is 38.1 Å². The third kappa shape index (κ3) is 3.94. The minimum atomic E-state index is 0.102. The first-order valence-electron chi connectivity index (χ1n) is 7.32. The molecule has 2 aromatic carbocycles. The van der Waals surface area contributed by atoms with Crippen molar-refractivity contribution < 1.29 is 4.42 Å². The third-order valence-electron chi connectivity index (χ3n) is 3.59. The zero-order valence-corrected chi connectivity index (χ0v) is 14.1. The van der Waals surface area contributed by atoms with Crippen molar-refractivity contribution in [3.05, 3.63) is 76.2 Å². The third-order valence-corrected chi connectivity index (χ3v) is 4.17. The van der Waals surface area contributed by atoms with E-state index in [0.29, 0.717) is 23.2 Å². The summed E-state index contributed by atoms with van der Waals surface area (Å²) in [5.41, 5.74) is 1.96. The van der Waals surface area contributed by atoms with Gasteiger partial charge in [-0.1, -0.05) is 53.5 Å². The largest absolute Gasteiger partial charge is 0.439 e. The van der Waals surface area contributed by atoms with E-state index in [4.69, 9.17) is 27.6 Å². The maximum atomic E-state index is 6.21. The lowest BCUT2D eigenvalue weighted by atomic mass is 10.1. The standard InChI is InChI=1S/C18H16Cl2N2O/c1-12(15-7-2-3-8-16(15)20)21-11-18-22-10-17(23-18)13-5-4-6-14(19)9-13/h2-10,12,21H,11H2,1H3. The predicted octanol–water partition coefficient (Wildman–Crippen LogP) is 5.50. The van der Waals surface area contributed by atoms with Gasteiger partial charge in [-0.25, -0.2) is 4.98 Å². The molecule has 118 valence electrons. The summed E-state index contributed by atoms with van der Waals surface area (Å²) in [7, 11) is 0. The minimum absolute atomic E-state index is 0.102.